The van der Waals surface area contributed by atoms with Crippen molar-refractivity contribution in [3.8, 4) is 0 Å². The number of carbonyl (C=O) groups excluding carboxylic acids is 1. The molecule has 1 aliphatic rings. The van der Waals surface area contributed by atoms with Gasteiger partial charge in [0.05, 0.1) is 0 Å². The minimum absolute atomic E-state index is 0.283. The second kappa shape index (κ2) is 5.96. The summed E-state index contributed by atoms with van der Waals surface area (Å²) in [6, 6.07) is 9.82. The van der Waals surface area contributed by atoms with Gasteiger partial charge >= 0.3 is 0 Å². The van der Waals surface area contributed by atoms with Crippen LogP contribution in [0.5, 0.6) is 0 Å². The molecule has 1 aliphatic heterocycles. The molecule has 0 saturated carbocycles. The van der Waals surface area contributed by atoms with Crippen molar-refractivity contribution in [3.63, 3.8) is 0 Å². The Morgan fingerprint density at radius 2 is 1.83 bits per heavy atom. The van der Waals surface area contributed by atoms with Crippen LogP contribution in [0.4, 0.5) is 5.69 Å². The average molecular weight is 392 g/mol. The number of anilines is 1. The number of halogens is 1. The van der Waals surface area contributed by atoms with E-state index in [9.17, 15) is 9.90 Å². The maximum absolute atomic E-state index is 12.5. The molecule has 2 aromatic carbocycles. The van der Waals surface area contributed by atoms with Crippen molar-refractivity contribution in [1.29, 1.82) is 0 Å². The van der Waals surface area contributed by atoms with Gasteiger partial charge in [0.2, 0.25) is 0 Å². The van der Waals surface area contributed by atoms with Crippen LogP contribution in [0.3, 0.4) is 0 Å². The van der Waals surface area contributed by atoms with E-state index in [1.54, 1.807) is 0 Å². The summed E-state index contributed by atoms with van der Waals surface area (Å²) in [5.74, 6) is -0.364. The lowest BCUT2D eigenvalue weighted by molar-refractivity contribution is -0.126. The highest BCUT2D eigenvalue weighted by molar-refractivity contribution is 9.10. The van der Waals surface area contributed by atoms with Crippen molar-refractivity contribution in [2.75, 3.05) is 5.32 Å². The zero-order valence-electron chi connectivity index (χ0n) is 13.2. The zero-order valence-corrected chi connectivity index (χ0v) is 15.6. The molecule has 3 rings (SSSR count). The Bertz CT molecular complexity index is 783. The van der Waals surface area contributed by atoms with E-state index in [1.807, 2.05) is 39.0 Å². The van der Waals surface area contributed by atoms with Crippen LogP contribution in [0.2, 0.25) is 0 Å². The summed E-state index contributed by atoms with van der Waals surface area (Å²) in [7, 11) is 0. The van der Waals surface area contributed by atoms with Crippen LogP contribution in [0.1, 0.15) is 22.3 Å². The molecule has 1 amide bonds. The Morgan fingerprint density at radius 3 is 2.48 bits per heavy atom. The van der Waals surface area contributed by atoms with E-state index in [0.717, 1.165) is 31.7 Å². The van der Waals surface area contributed by atoms with Crippen molar-refractivity contribution in [2.24, 2.45) is 0 Å². The van der Waals surface area contributed by atoms with Crippen LogP contribution in [0.25, 0.3) is 0 Å². The minimum atomic E-state index is -1.50. The van der Waals surface area contributed by atoms with Crippen LogP contribution < -0.4 is 5.32 Å². The lowest BCUT2D eigenvalue weighted by atomic mass is 10.0. The number of hydrogen-bond acceptors (Lipinski definition) is 3. The number of carbonyl (C=O) groups is 1. The number of aryl methyl sites for hydroxylation is 3. The SMILES string of the molecule is Cc1cc(C)c(SC2(O)Cc3cc(Br)ccc3NC2=O)c(C)c1. The fraction of sp³-hybridized carbons (Fsp3) is 0.278. The number of thioether (sulfide) groups is 1. The van der Waals surface area contributed by atoms with Crippen LogP contribution in [-0.4, -0.2) is 15.9 Å². The molecule has 120 valence electrons. The number of amides is 1. The van der Waals surface area contributed by atoms with E-state index in [2.05, 4.69) is 33.4 Å². The Balaban J connectivity index is 1.98. The second-order valence-electron chi connectivity index (χ2n) is 6.05. The smallest absolute Gasteiger partial charge is 0.267 e. The maximum atomic E-state index is 12.5. The molecule has 5 heteroatoms. The first-order chi connectivity index (χ1) is 10.8. The van der Waals surface area contributed by atoms with Gasteiger partial charge in [0.1, 0.15) is 0 Å². The van der Waals surface area contributed by atoms with Gasteiger partial charge in [0, 0.05) is 21.5 Å². The number of nitrogens with one attached hydrogen (secondary N) is 1. The zero-order chi connectivity index (χ0) is 16.8. The Kier molecular flexibility index (Phi) is 4.29. The number of aliphatic hydroxyl groups is 1. The van der Waals surface area contributed by atoms with Crippen LogP contribution in [0, 0.1) is 20.8 Å². The summed E-state index contributed by atoms with van der Waals surface area (Å²) >= 11 is 4.67. The summed E-state index contributed by atoms with van der Waals surface area (Å²) in [6.07, 6.45) is 0.283. The third-order valence-corrected chi connectivity index (χ3v) is 5.98. The van der Waals surface area contributed by atoms with Crippen molar-refractivity contribution in [3.05, 3.63) is 57.1 Å². The second-order valence-corrected chi connectivity index (χ2v) is 8.25. The summed E-state index contributed by atoms with van der Waals surface area (Å²) in [6.45, 7) is 6.07. The van der Waals surface area contributed by atoms with Crippen molar-refractivity contribution in [2.45, 2.75) is 37.0 Å². The Hall–Kier alpha value is -1.30. The van der Waals surface area contributed by atoms with Crippen LogP contribution >= 0.6 is 27.7 Å². The van der Waals surface area contributed by atoms with Gasteiger partial charge in [-0.15, -0.1) is 0 Å². The lowest BCUT2D eigenvalue weighted by Crippen LogP contribution is -2.45. The Morgan fingerprint density at radius 1 is 1.17 bits per heavy atom. The predicted octanol–water partition coefficient (Wildman–Crippen LogP) is 4.35. The molecule has 0 radical (unpaired) electrons. The molecule has 0 spiro atoms. The third kappa shape index (κ3) is 3.18. The first-order valence-corrected chi connectivity index (χ1v) is 8.98. The predicted molar refractivity (Wildman–Crippen MR) is 97.9 cm³/mol. The molecule has 1 heterocycles. The van der Waals surface area contributed by atoms with E-state index < -0.39 is 4.93 Å². The lowest BCUT2D eigenvalue weighted by Gasteiger charge is -2.32. The van der Waals surface area contributed by atoms with Gasteiger partial charge in [-0.05, 0) is 55.7 Å². The molecule has 1 atom stereocenters. The summed E-state index contributed by atoms with van der Waals surface area (Å²) in [4.78, 5) is 11.9. The molecule has 1 unspecified atom stereocenters. The molecule has 0 aliphatic carbocycles. The summed E-state index contributed by atoms with van der Waals surface area (Å²) in [5.41, 5.74) is 5.03. The maximum Gasteiger partial charge on any atom is 0.267 e. The number of hydrogen-bond donors (Lipinski definition) is 2. The average Bonchev–Trinajstić information content (AvgIpc) is 2.45. The van der Waals surface area contributed by atoms with Gasteiger partial charge in [-0.25, -0.2) is 0 Å². The molecule has 2 aromatic rings. The first-order valence-electron chi connectivity index (χ1n) is 7.37. The minimum Gasteiger partial charge on any atom is -0.370 e. The van der Waals surface area contributed by atoms with E-state index in [1.165, 1.54) is 17.3 Å². The van der Waals surface area contributed by atoms with Crippen LogP contribution in [-0.2, 0) is 11.2 Å². The quantitative estimate of drug-likeness (QED) is 0.748. The standard InChI is InChI=1S/C18H18BrNO2S/c1-10-6-11(2)16(12(3)7-10)23-18(22)9-13-8-14(19)4-5-15(13)20-17(18)21/h4-8,22H,9H2,1-3H3,(H,20,21). The molecular weight excluding hydrogens is 374 g/mol. The molecule has 2 N–H and O–H groups in total. The van der Waals surface area contributed by atoms with Gasteiger partial charge in [0.15, 0.2) is 4.93 Å². The molecule has 23 heavy (non-hydrogen) atoms. The van der Waals surface area contributed by atoms with E-state index in [0.29, 0.717) is 0 Å². The normalized spacial score (nSPS) is 20.1. The van der Waals surface area contributed by atoms with Gasteiger partial charge < -0.3 is 10.4 Å². The first kappa shape index (κ1) is 16.6. The summed E-state index contributed by atoms with van der Waals surface area (Å²) in [5, 5.41) is 13.8. The molecule has 0 saturated heterocycles. The molecule has 0 fully saturated rings. The van der Waals surface area contributed by atoms with Gasteiger partial charge in [0.25, 0.3) is 5.91 Å². The van der Waals surface area contributed by atoms with Gasteiger partial charge in [-0.2, -0.15) is 0 Å². The van der Waals surface area contributed by atoms with Crippen molar-refractivity contribution < 1.29 is 9.90 Å². The molecule has 0 bridgehead atoms. The summed E-state index contributed by atoms with van der Waals surface area (Å²) < 4.78 is 0.933. The van der Waals surface area contributed by atoms with E-state index in [4.69, 9.17) is 0 Å². The topological polar surface area (TPSA) is 49.3 Å². The van der Waals surface area contributed by atoms with Gasteiger partial charge in [-0.1, -0.05) is 45.4 Å². The number of rotatable bonds is 2. The fourth-order valence-corrected chi connectivity index (χ4v) is 4.53. The highest BCUT2D eigenvalue weighted by Gasteiger charge is 2.42. The Labute approximate surface area is 148 Å². The highest BCUT2D eigenvalue weighted by Crippen LogP contribution is 2.42. The molecule has 3 nitrogen and oxygen atoms in total. The van der Waals surface area contributed by atoms with Crippen LogP contribution in [0.15, 0.2) is 39.7 Å². The van der Waals surface area contributed by atoms with E-state index >= 15 is 0 Å². The monoisotopic (exact) mass is 391 g/mol. The number of fused-ring (bicyclic) bond motifs is 1. The van der Waals surface area contributed by atoms with Crippen molar-refractivity contribution in [1.82, 2.24) is 0 Å². The van der Waals surface area contributed by atoms with Crippen molar-refractivity contribution >= 4 is 39.3 Å². The fourth-order valence-electron chi connectivity index (χ4n) is 2.97. The van der Waals surface area contributed by atoms with E-state index in [-0.39, 0.29) is 12.3 Å². The molecular formula is C18H18BrNO2S. The molecule has 0 aromatic heterocycles. The highest BCUT2D eigenvalue weighted by atomic mass is 79.9. The number of benzene rings is 2. The van der Waals surface area contributed by atoms with Gasteiger partial charge in [-0.3, -0.25) is 4.79 Å². The third-order valence-electron chi connectivity index (χ3n) is 3.98. The largest absolute Gasteiger partial charge is 0.370 e.